The molecular weight excluding hydrogens is 254 g/mol. The third kappa shape index (κ3) is 3.57. The largest absolute Gasteiger partial charge is 0.494 e. The van der Waals surface area contributed by atoms with Gasteiger partial charge >= 0.3 is 0 Å². The minimum absolute atomic E-state index is 0.0403. The van der Waals surface area contributed by atoms with E-state index in [1.54, 1.807) is 31.5 Å². The highest BCUT2D eigenvalue weighted by atomic mass is 16.5. The highest BCUT2D eigenvalue weighted by Gasteiger charge is 2.08. The molecule has 20 heavy (non-hydrogen) atoms. The van der Waals surface area contributed by atoms with E-state index in [-0.39, 0.29) is 5.78 Å². The number of benzene rings is 1. The second-order valence-corrected chi connectivity index (χ2v) is 4.27. The van der Waals surface area contributed by atoms with Crippen molar-refractivity contribution in [3.05, 3.63) is 53.7 Å². The lowest BCUT2D eigenvalue weighted by molar-refractivity contribution is 0.0992. The zero-order valence-corrected chi connectivity index (χ0v) is 11.6. The number of Topliss-reactive ketones (excluding diaryl/α,β-unsaturated/α-hetero) is 1. The Bertz CT molecular complexity index is 579. The fraction of sp³-hybridized carbons (Fsp3) is 0.250. The molecule has 2 aromatic rings. The number of aromatic nitrogens is 1. The third-order valence-corrected chi connectivity index (χ3v) is 2.84. The summed E-state index contributed by atoms with van der Waals surface area (Å²) >= 11 is 0. The van der Waals surface area contributed by atoms with E-state index in [0.29, 0.717) is 30.2 Å². The standard InChI is InChI=1S/C16H17NO3/c1-3-20-14-6-4-5-13(10-14)15(18)9-12-7-8-16(19-2)17-11-12/h4-8,10-11H,3,9H2,1-2H3. The van der Waals surface area contributed by atoms with Crippen molar-refractivity contribution in [1.29, 1.82) is 0 Å². The van der Waals surface area contributed by atoms with Gasteiger partial charge in [0.15, 0.2) is 5.78 Å². The van der Waals surface area contributed by atoms with Gasteiger partial charge in [-0.1, -0.05) is 18.2 Å². The van der Waals surface area contributed by atoms with Crippen LogP contribution in [0.5, 0.6) is 11.6 Å². The van der Waals surface area contributed by atoms with Crippen molar-refractivity contribution in [2.75, 3.05) is 13.7 Å². The van der Waals surface area contributed by atoms with Crippen LogP contribution in [-0.4, -0.2) is 24.5 Å². The molecule has 0 atom stereocenters. The summed E-state index contributed by atoms with van der Waals surface area (Å²) < 4.78 is 10.4. The second kappa shape index (κ2) is 6.70. The molecule has 0 spiro atoms. The summed E-state index contributed by atoms with van der Waals surface area (Å²) in [5.41, 5.74) is 1.50. The van der Waals surface area contributed by atoms with Gasteiger partial charge in [-0.05, 0) is 24.6 Å². The third-order valence-electron chi connectivity index (χ3n) is 2.84. The molecule has 1 aromatic heterocycles. The van der Waals surface area contributed by atoms with Crippen molar-refractivity contribution in [1.82, 2.24) is 4.98 Å². The van der Waals surface area contributed by atoms with Crippen LogP contribution < -0.4 is 9.47 Å². The Morgan fingerprint density at radius 3 is 2.75 bits per heavy atom. The van der Waals surface area contributed by atoms with Gasteiger partial charge in [-0.15, -0.1) is 0 Å². The van der Waals surface area contributed by atoms with Crippen LogP contribution in [0.4, 0.5) is 0 Å². The highest BCUT2D eigenvalue weighted by Crippen LogP contribution is 2.16. The molecule has 104 valence electrons. The summed E-state index contributed by atoms with van der Waals surface area (Å²) in [6.07, 6.45) is 1.97. The van der Waals surface area contributed by atoms with E-state index in [0.717, 1.165) is 5.56 Å². The van der Waals surface area contributed by atoms with Crippen LogP contribution in [0.3, 0.4) is 0 Å². The number of methoxy groups -OCH3 is 1. The van der Waals surface area contributed by atoms with E-state index in [9.17, 15) is 4.79 Å². The predicted molar refractivity (Wildman–Crippen MR) is 76.4 cm³/mol. The van der Waals surface area contributed by atoms with Crippen LogP contribution in [0, 0.1) is 0 Å². The molecule has 4 nitrogen and oxygen atoms in total. The average molecular weight is 271 g/mol. The van der Waals surface area contributed by atoms with Crippen LogP contribution in [0.15, 0.2) is 42.6 Å². The normalized spacial score (nSPS) is 10.1. The van der Waals surface area contributed by atoms with Crippen molar-refractivity contribution in [2.24, 2.45) is 0 Å². The number of hydrogen-bond donors (Lipinski definition) is 0. The molecule has 0 saturated heterocycles. The van der Waals surface area contributed by atoms with E-state index in [2.05, 4.69) is 4.98 Å². The van der Waals surface area contributed by atoms with Crippen LogP contribution in [0.25, 0.3) is 0 Å². The van der Waals surface area contributed by atoms with Crippen molar-refractivity contribution in [2.45, 2.75) is 13.3 Å². The first-order chi connectivity index (χ1) is 9.72. The number of carbonyl (C=O) groups is 1. The molecule has 4 heteroatoms. The fourth-order valence-electron chi connectivity index (χ4n) is 1.85. The first kappa shape index (κ1) is 14.1. The number of ketones is 1. The molecule has 1 heterocycles. The molecule has 0 N–H and O–H groups in total. The molecule has 2 rings (SSSR count). The zero-order valence-electron chi connectivity index (χ0n) is 11.6. The molecule has 0 radical (unpaired) electrons. The molecule has 0 aliphatic heterocycles. The molecule has 0 amide bonds. The Morgan fingerprint density at radius 1 is 1.25 bits per heavy atom. The van der Waals surface area contributed by atoms with Gasteiger partial charge in [-0.25, -0.2) is 4.98 Å². The minimum atomic E-state index is 0.0403. The van der Waals surface area contributed by atoms with Gasteiger partial charge in [0.25, 0.3) is 0 Å². The quantitative estimate of drug-likeness (QED) is 0.758. The highest BCUT2D eigenvalue weighted by molar-refractivity contribution is 5.97. The van der Waals surface area contributed by atoms with E-state index < -0.39 is 0 Å². The Kier molecular flexibility index (Phi) is 4.71. The van der Waals surface area contributed by atoms with Crippen LogP contribution in [0.2, 0.25) is 0 Å². The number of hydrogen-bond acceptors (Lipinski definition) is 4. The number of carbonyl (C=O) groups excluding carboxylic acids is 1. The van der Waals surface area contributed by atoms with Gasteiger partial charge in [0.05, 0.1) is 13.7 Å². The maximum absolute atomic E-state index is 12.2. The Hall–Kier alpha value is -2.36. The van der Waals surface area contributed by atoms with Crippen LogP contribution in [-0.2, 0) is 6.42 Å². The monoisotopic (exact) mass is 271 g/mol. The maximum Gasteiger partial charge on any atom is 0.212 e. The summed E-state index contributed by atoms with van der Waals surface area (Å²) in [5.74, 6) is 1.30. The van der Waals surface area contributed by atoms with Gasteiger partial charge in [-0.3, -0.25) is 4.79 Å². The van der Waals surface area contributed by atoms with Gasteiger partial charge in [0, 0.05) is 24.2 Å². The van der Waals surface area contributed by atoms with Crippen molar-refractivity contribution >= 4 is 5.78 Å². The van der Waals surface area contributed by atoms with Gasteiger partial charge < -0.3 is 9.47 Å². The second-order valence-electron chi connectivity index (χ2n) is 4.27. The van der Waals surface area contributed by atoms with Crippen LogP contribution >= 0.6 is 0 Å². The molecule has 0 aliphatic rings. The van der Waals surface area contributed by atoms with E-state index in [1.807, 2.05) is 25.1 Å². The lowest BCUT2D eigenvalue weighted by Crippen LogP contribution is -2.04. The first-order valence-electron chi connectivity index (χ1n) is 6.48. The van der Waals surface area contributed by atoms with Gasteiger partial charge in [0.2, 0.25) is 5.88 Å². The molecule has 0 aliphatic carbocycles. The summed E-state index contributed by atoms with van der Waals surface area (Å²) in [7, 11) is 1.56. The SMILES string of the molecule is CCOc1cccc(C(=O)Cc2ccc(OC)nc2)c1. The molecular formula is C16H17NO3. The topological polar surface area (TPSA) is 48.4 Å². The van der Waals surface area contributed by atoms with Crippen molar-refractivity contribution < 1.29 is 14.3 Å². The Morgan fingerprint density at radius 2 is 2.10 bits per heavy atom. The zero-order chi connectivity index (χ0) is 14.4. The number of ether oxygens (including phenoxy) is 2. The number of pyridine rings is 1. The molecule has 0 bridgehead atoms. The Balaban J connectivity index is 2.08. The smallest absolute Gasteiger partial charge is 0.212 e. The maximum atomic E-state index is 12.2. The first-order valence-corrected chi connectivity index (χ1v) is 6.48. The van der Waals surface area contributed by atoms with Gasteiger partial charge in [-0.2, -0.15) is 0 Å². The van der Waals surface area contributed by atoms with E-state index in [4.69, 9.17) is 9.47 Å². The Labute approximate surface area is 118 Å². The minimum Gasteiger partial charge on any atom is -0.494 e. The molecule has 0 fully saturated rings. The summed E-state index contributed by atoms with van der Waals surface area (Å²) in [5, 5.41) is 0. The lowest BCUT2D eigenvalue weighted by Gasteiger charge is -2.06. The fourth-order valence-corrected chi connectivity index (χ4v) is 1.85. The lowest BCUT2D eigenvalue weighted by atomic mass is 10.0. The summed E-state index contributed by atoms with van der Waals surface area (Å²) in [4.78, 5) is 16.3. The molecule has 0 unspecified atom stereocenters. The number of rotatable bonds is 6. The average Bonchev–Trinajstić information content (AvgIpc) is 2.48. The molecule has 1 aromatic carbocycles. The predicted octanol–water partition coefficient (Wildman–Crippen LogP) is 2.91. The molecule has 0 saturated carbocycles. The van der Waals surface area contributed by atoms with Gasteiger partial charge in [0.1, 0.15) is 5.75 Å². The van der Waals surface area contributed by atoms with Crippen molar-refractivity contribution in [3.63, 3.8) is 0 Å². The van der Waals surface area contributed by atoms with Crippen molar-refractivity contribution in [3.8, 4) is 11.6 Å². The number of nitrogens with zero attached hydrogens (tertiary/aromatic N) is 1. The van der Waals surface area contributed by atoms with E-state index in [1.165, 1.54) is 0 Å². The van der Waals surface area contributed by atoms with Crippen LogP contribution in [0.1, 0.15) is 22.8 Å². The van der Waals surface area contributed by atoms with E-state index >= 15 is 0 Å². The summed E-state index contributed by atoms with van der Waals surface area (Å²) in [6, 6.07) is 10.8. The summed E-state index contributed by atoms with van der Waals surface area (Å²) in [6.45, 7) is 2.50.